The number of carbonyl (C=O) groups excluding carboxylic acids is 1. The van der Waals surface area contributed by atoms with Crippen LogP contribution in [0.2, 0.25) is 0 Å². The van der Waals surface area contributed by atoms with Crippen LogP contribution in [0.15, 0.2) is 40.6 Å². The summed E-state index contributed by atoms with van der Waals surface area (Å²) in [5.74, 6) is 0.0223. The van der Waals surface area contributed by atoms with E-state index in [1.165, 1.54) is 18.1 Å². The number of carbonyl (C=O) groups is 1. The molecule has 1 aromatic heterocycles. The maximum absolute atomic E-state index is 11.6. The van der Waals surface area contributed by atoms with Gasteiger partial charge >= 0.3 is 0 Å². The number of hydrogen-bond donors (Lipinski definition) is 3. The van der Waals surface area contributed by atoms with Crippen LogP contribution < -0.4 is 11.1 Å². The van der Waals surface area contributed by atoms with E-state index in [1.807, 2.05) is 24.3 Å². The molecular weight excluding hydrogens is 274 g/mol. The standard InChI is InChI=1S/C13H17N5OS/c14-8-2-1-3-12(19)17-10-4-6-11(7-5-10)20-13-15-9-16-18-13/h4-7,9H,1-3,8,14H2,(H,17,19)(H,15,16,18). The van der Waals surface area contributed by atoms with E-state index in [2.05, 4.69) is 20.5 Å². The molecule has 0 aliphatic heterocycles. The molecule has 1 heterocycles. The summed E-state index contributed by atoms with van der Waals surface area (Å²) in [4.78, 5) is 16.7. The summed E-state index contributed by atoms with van der Waals surface area (Å²) in [5, 5.41) is 10.2. The molecule has 0 saturated heterocycles. The Morgan fingerprint density at radius 2 is 2.10 bits per heavy atom. The summed E-state index contributed by atoms with van der Waals surface area (Å²) in [7, 11) is 0. The van der Waals surface area contributed by atoms with Crippen molar-refractivity contribution in [3.8, 4) is 0 Å². The summed E-state index contributed by atoms with van der Waals surface area (Å²) < 4.78 is 0. The van der Waals surface area contributed by atoms with Gasteiger partial charge in [-0.3, -0.25) is 9.89 Å². The summed E-state index contributed by atoms with van der Waals surface area (Å²) >= 11 is 1.48. The van der Waals surface area contributed by atoms with E-state index >= 15 is 0 Å². The molecule has 1 aromatic carbocycles. The van der Waals surface area contributed by atoms with Crippen LogP contribution in [0.1, 0.15) is 19.3 Å². The molecule has 20 heavy (non-hydrogen) atoms. The highest BCUT2D eigenvalue weighted by molar-refractivity contribution is 7.99. The van der Waals surface area contributed by atoms with E-state index in [-0.39, 0.29) is 5.91 Å². The molecule has 0 fully saturated rings. The fraction of sp³-hybridized carbons (Fsp3) is 0.308. The van der Waals surface area contributed by atoms with Crippen molar-refractivity contribution in [1.29, 1.82) is 0 Å². The summed E-state index contributed by atoms with van der Waals surface area (Å²) in [6.45, 7) is 0.626. The van der Waals surface area contributed by atoms with Gasteiger partial charge in [-0.2, -0.15) is 5.10 Å². The quantitative estimate of drug-likeness (QED) is 0.678. The van der Waals surface area contributed by atoms with Crippen LogP contribution in [0.3, 0.4) is 0 Å². The number of nitrogens with two attached hydrogens (primary N) is 1. The first-order chi connectivity index (χ1) is 9.78. The van der Waals surface area contributed by atoms with E-state index in [0.29, 0.717) is 13.0 Å². The van der Waals surface area contributed by atoms with Crippen molar-refractivity contribution >= 4 is 23.4 Å². The molecule has 106 valence electrons. The minimum absolute atomic E-state index is 0.0223. The third-order valence-corrected chi connectivity index (χ3v) is 3.50. The van der Waals surface area contributed by atoms with Gasteiger partial charge < -0.3 is 11.1 Å². The number of hydrogen-bond acceptors (Lipinski definition) is 5. The molecule has 0 bridgehead atoms. The van der Waals surface area contributed by atoms with Crippen LogP contribution in [-0.2, 0) is 4.79 Å². The van der Waals surface area contributed by atoms with Crippen LogP contribution in [-0.4, -0.2) is 27.6 Å². The Hall–Kier alpha value is -1.86. The average molecular weight is 291 g/mol. The second kappa shape index (κ2) is 7.66. The predicted molar refractivity (Wildman–Crippen MR) is 78.5 cm³/mol. The second-order valence-corrected chi connectivity index (χ2v) is 5.27. The van der Waals surface area contributed by atoms with Crippen LogP contribution in [0, 0.1) is 0 Å². The fourth-order valence-corrected chi connectivity index (χ4v) is 2.31. The van der Waals surface area contributed by atoms with E-state index < -0.39 is 0 Å². The minimum atomic E-state index is 0.0223. The van der Waals surface area contributed by atoms with Crippen LogP contribution >= 0.6 is 11.8 Å². The summed E-state index contributed by atoms with van der Waals surface area (Å²) in [5.41, 5.74) is 6.19. The number of rotatable bonds is 7. The van der Waals surface area contributed by atoms with Gasteiger partial charge in [0.15, 0.2) is 5.16 Å². The van der Waals surface area contributed by atoms with E-state index in [9.17, 15) is 4.79 Å². The molecule has 2 aromatic rings. The van der Waals surface area contributed by atoms with Crippen molar-refractivity contribution in [3.05, 3.63) is 30.6 Å². The van der Waals surface area contributed by atoms with Gasteiger partial charge in [-0.15, -0.1) is 0 Å². The molecular formula is C13H17N5OS. The lowest BCUT2D eigenvalue weighted by atomic mass is 10.2. The number of unbranched alkanes of at least 4 members (excludes halogenated alkanes) is 1. The summed E-state index contributed by atoms with van der Waals surface area (Å²) in [6, 6.07) is 7.62. The third kappa shape index (κ3) is 4.67. The first-order valence-electron chi connectivity index (χ1n) is 6.41. The molecule has 0 unspecified atom stereocenters. The Labute approximate surface area is 121 Å². The van der Waals surface area contributed by atoms with Gasteiger partial charge in [0.2, 0.25) is 5.91 Å². The number of amides is 1. The smallest absolute Gasteiger partial charge is 0.224 e. The molecule has 7 heteroatoms. The molecule has 6 nitrogen and oxygen atoms in total. The normalized spacial score (nSPS) is 10.4. The largest absolute Gasteiger partial charge is 0.330 e. The molecule has 0 aliphatic rings. The topological polar surface area (TPSA) is 96.7 Å². The van der Waals surface area contributed by atoms with Gasteiger partial charge in [-0.1, -0.05) is 11.8 Å². The Balaban J connectivity index is 1.83. The summed E-state index contributed by atoms with van der Waals surface area (Å²) in [6.07, 6.45) is 3.67. The van der Waals surface area contributed by atoms with Crippen molar-refractivity contribution in [2.24, 2.45) is 5.73 Å². The first-order valence-corrected chi connectivity index (χ1v) is 7.23. The van der Waals surface area contributed by atoms with Gasteiger partial charge in [-0.05, 0) is 43.7 Å². The molecule has 4 N–H and O–H groups in total. The van der Waals surface area contributed by atoms with Crippen LogP contribution in [0.4, 0.5) is 5.69 Å². The SMILES string of the molecule is NCCCCC(=O)Nc1ccc(Sc2ncn[nH]2)cc1. The zero-order chi connectivity index (χ0) is 14.2. The molecule has 0 aliphatic carbocycles. The molecule has 0 radical (unpaired) electrons. The van der Waals surface area contributed by atoms with Crippen LogP contribution in [0.5, 0.6) is 0 Å². The van der Waals surface area contributed by atoms with Gasteiger partial charge in [0.05, 0.1) is 0 Å². The number of aromatic amines is 1. The van der Waals surface area contributed by atoms with Gasteiger partial charge in [0, 0.05) is 17.0 Å². The zero-order valence-corrected chi connectivity index (χ0v) is 11.8. The van der Waals surface area contributed by atoms with Gasteiger partial charge in [-0.25, -0.2) is 4.98 Å². The lowest BCUT2D eigenvalue weighted by Crippen LogP contribution is -2.11. The third-order valence-electron chi connectivity index (χ3n) is 2.60. The number of nitrogens with one attached hydrogen (secondary N) is 2. The predicted octanol–water partition coefficient (Wildman–Crippen LogP) is 2.02. The number of benzene rings is 1. The highest BCUT2D eigenvalue weighted by Crippen LogP contribution is 2.25. The lowest BCUT2D eigenvalue weighted by molar-refractivity contribution is -0.116. The first kappa shape index (κ1) is 14.5. The monoisotopic (exact) mass is 291 g/mol. The molecule has 0 spiro atoms. The second-order valence-electron chi connectivity index (χ2n) is 4.21. The molecule has 0 saturated carbocycles. The Morgan fingerprint density at radius 3 is 2.75 bits per heavy atom. The molecule has 1 amide bonds. The highest BCUT2D eigenvalue weighted by atomic mass is 32.2. The Bertz CT molecular complexity index is 526. The van der Waals surface area contributed by atoms with Crippen molar-refractivity contribution in [2.75, 3.05) is 11.9 Å². The maximum atomic E-state index is 11.6. The Kier molecular flexibility index (Phi) is 5.57. The highest BCUT2D eigenvalue weighted by Gasteiger charge is 2.03. The number of anilines is 1. The lowest BCUT2D eigenvalue weighted by Gasteiger charge is -2.05. The minimum Gasteiger partial charge on any atom is -0.330 e. The fourth-order valence-electron chi connectivity index (χ4n) is 1.61. The zero-order valence-electron chi connectivity index (χ0n) is 11.0. The van der Waals surface area contributed by atoms with Crippen molar-refractivity contribution < 1.29 is 4.79 Å². The maximum Gasteiger partial charge on any atom is 0.224 e. The van der Waals surface area contributed by atoms with Crippen molar-refractivity contribution in [2.45, 2.75) is 29.3 Å². The molecule has 2 rings (SSSR count). The van der Waals surface area contributed by atoms with Crippen LogP contribution in [0.25, 0.3) is 0 Å². The number of nitrogens with zero attached hydrogens (tertiary/aromatic N) is 2. The van der Waals surface area contributed by atoms with E-state index in [4.69, 9.17) is 5.73 Å². The van der Waals surface area contributed by atoms with E-state index in [0.717, 1.165) is 28.6 Å². The van der Waals surface area contributed by atoms with Crippen molar-refractivity contribution in [3.63, 3.8) is 0 Å². The number of H-pyrrole nitrogens is 1. The Morgan fingerprint density at radius 1 is 1.30 bits per heavy atom. The average Bonchev–Trinajstić information content (AvgIpc) is 2.94. The number of aromatic nitrogens is 3. The van der Waals surface area contributed by atoms with Crippen molar-refractivity contribution in [1.82, 2.24) is 15.2 Å². The molecule has 0 atom stereocenters. The van der Waals surface area contributed by atoms with Gasteiger partial charge in [0.25, 0.3) is 0 Å². The van der Waals surface area contributed by atoms with Gasteiger partial charge in [0.1, 0.15) is 6.33 Å². The van der Waals surface area contributed by atoms with E-state index in [1.54, 1.807) is 0 Å².